The van der Waals surface area contributed by atoms with Gasteiger partial charge in [0.1, 0.15) is 6.29 Å². The zero-order valence-corrected chi connectivity index (χ0v) is 10.6. The van der Waals surface area contributed by atoms with Gasteiger partial charge in [-0.25, -0.2) is 0 Å². The summed E-state index contributed by atoms with van der Waals surface area (Å²) in [6.07, 6.45) is -3.62. The van der Waals surface area contributed by atoms with Gasteiger partial charge in [0, 0.05) is 12.7 Å². The molecule has 102 valence electrons. The average Bonchev–Trinajstić information content (AvgIpc) is 2.30. The van der Waals surface area contributed by atoms with Crippen LogP contribution in [0.4, 0.5) is 13.2 Å². The van der Waals surface area contributed by atoms with E-state index >= 15 is 0 Å². The molecule has 0 aromatic heterocycles. The number of benzene rings is 1. The molecule has 0 bridgehead atoms. The molecule has 0 heterocycles. The Bertz CT molecular complexity index is 384. The van der Waals surface area contributed by atoms with Gasteiger partial charge in [0.25, 0.3) is 0 Å². The smallest absolute Gasteiger partial charge is 0.400 e. The second kappa shape index (κ2) is 7.16. The number of rotatable bonds is 3. The summed E-state index contributed by atoms with van der Waals surface area (Å²) in [5, 5.41) is 7.00. The number of aliphatic hydroxyl groups is 1. The van der Waals surface area contributed by atoms with Crippen molar-refractivity contribution >= 4 is 6.29 Å². The number of alkyl halides is 3. The number of hydrogen-bond acceptors (Lipinski definition) is 2. The summed E-state index contributed by atoms with van der Waals surface area (Å²) in [6.45, 7) is 3.71. The van der Waals surface area contributed by atoms with Crippen LogP contribution < -0.4 is 0 Å². The third kappa shape index (κ3) is 4.87. The molecule has 0 radical (unpaired) electrons. The van der Waals surface area contributed by atoms with Gasteiger partial charge in [0.15, 0.2) is 0 Å². The van der Waals surface area contributed by atoms with Gasteiger partial charge in [-0.1, -0.05) is 26.0 Å². The summed E-state index contributed by atoms with van der Waals surface area (Å²) in [7, 11) is 1.00. The minimum atomic E-state index is -4.40. The van der Waals surface area contributed by atoms with E-state index in [2.05, 4.69) is 0 Å². The monoisotopic (exact) mass is 262 g/mol. The molecule has 5 heteroatoms. The molecule has 0 aliphatic rings. The van der Waals surface area contributed by atoms with Crippen LogP contribution in [0.5, 0.6) is 0 Å². The first kappa shape index (κ1) is 16.6. The van der Waals surface area contributed by atoms with Gasteiger partial charge >= 0.3 is 6.18 Å². The summed E-state index contributed by atoms with van der Waals surface area (Å²) in [4.78, 5) is 10.5. The van der Waals surface area contributed by atoms with E-state index in [0.717, 1.165) is 13.2 Å². The number of carbonyl (C=O) groups is 1. The Morgan fingerprint density at radius 2 is 1.83 bits per heavy atom. The summed E-state index contributed by atoms with van der Waals surface area (Å²) < 4.78 is 38.1. The fraction of sp³-hybridized carbons (Fsp3) is 0.462. The number of aliphatic hydroxyl groups excluding tert-OH is 1. The minimum absolute atomic E-state index is 0.0554. The molecule has 1 N–H and O–H groups in total. The van der Waals surface area contributed by atoms with Crippen LogP contribution in [0.3, 0.4) is 0 Å². The Morgan fingerprint density at radius 3 is 2.22 bits per heavy atom. The first-order chi connectivity index (χ1) is 8.34. The minimum Gasteiger partial charge on any atom is -0.400 e. The van der Waals surface area contributed by atoms with Gasteiger partial charge < -0.3 is 5.11 Å². The van der Waals surface area contributed by atoms with Crippen molar-refractivity contribution in [3.8, 4) is 0 Å². The normalized spacial score (nSPS) is 10.9. The Labute approximate surface area is 104 Å². The van der Waals surface area contributed by atoms with E-state index in [1.165, 1.54) is 12.1 Å². The Morgan fingerprint density at radius 1 is 1.28 bits per heavy atom. The maximum atomic E-state index is 12.7. The van der Waals surface area contributed by atoms with E-state index in [0.29, 0.717) is 12.7 Å². The highest BCUT2D eigenvalue weighted by atomic mass is 19.4. The first-order valence-electron chi connectivity index (χ1n) is 5.44. The molecule has 0 amide bonds. The van der Waals surface area contributed by atoms with E-state index in [4.69, 9.17) is 5.11 Å². The quantitative estimate of drug-likeness (QED) is 0.848. The predicted octanol–water partition coefficient (Wildman–Crippen LogP) is 3.32. The molecule has 1 aromatic rings. The molecule has 0 saturated heterocycles. The van der Waals surface area contributed by atoms with E-state index in [-0.39, 0.29) is 17.0 Å². The summed E-state index contributed by atoms with van der Waals surface area (Å²) >= 11 is 0. The van der Waals surface area contributed by atoms with Gasteiger partial charge in [-0.15, -0.1) is 0 Å². The molecular formula is C13H17F3O2. The van der Waals surface area contributed by atoms with Crippen LogP contribution >= 0.6 is 0 Å². The maximum Gasteiger partial charge on any atom is 0.416 e. The van der Waals surface area contributed by atoms with Crippen LogP contribution in [0.15, 0.2) is 18.2 Å². The van der Waals surface area contributed by atoms with Crippen molar-refractivity contribution < 1.29 is 23.1 Å². The van der Waals surface area contributed by atoms with Crippen molar-refractivity contribution in [1.82, 2.24) is 0 Å². The standard InChI is InChI=1S/C12H13F3O.CH4O/c1-8(2)5-10-4-3-9(7-16)6-11(10)12(13,14)15;1-2/h3-4,6-8H,5H2,1-2H3;2H,1H3. The summed E-state index contributed by atoms with van der Waals surface area (Å²) in [5.41, 5.74) is -0.404. The Hall–Kier alpha value is -1.36. The molecule has 0 atom stereocenters. The largest absolute Gasteiger partial charge is 0.416 e. The number of hydrogen-bond donors (Lipinski definition) is 1. The molecule has 0 aliphatic carbocycles. The van der Waals surface area contributed by atoms with Gasteiger partial charge in [-0.05, 0) is 24.0 Å². The molecule has 0 unspecified atom stereocenters. The third-order valence-corrected chi connectivity index (χ3v) is 2.20. The zero-order valence-electron chi connectivity index (χ0n) is 10.6. The lowest BCUT2D eigenvalue weighted by atomic mass is 9.96. The second-order valence-electron chi connectivity index (χ2n) is 4.13. The van der Waals surface area contributed by atoms with E-state index in [9.17, 15) is 18.0 Å². The number of carbonyl (C=O) groups excluding carboxylic acids is 1. The third-order valence-electron chi connectivity index (χ3n) is 2.20. The SMILES string of the molecule is CC(C)Cc1ccc(C=O)cc1C(F)(F)F.CO. The molecular weight excluding hydrogens is 245 g/mol. The van der Waals surface area contributed by atoms with Crippen molar-refractivity contribution in [2.45, 2.75) is 26.4 Å². The van der Waals surface area contributed by atoms with Crippen LogP contribution in [-0.4, -0.2) is 18.5 Å². The van der Waals surface area contributed by atoms with Crippen molar-refractivity contribution in [1.29, 1.82) is 0 Å². The predicted molar refractivity (Wildman–Crippen MR) is 63.5 cm³/mol. The van der Waals surface area contributed by atoms with Crippen LogP contribution in [0.25, 0.3) is 0 Å². The number of halogens is 3. The van der Waals surface area contributed by atoms with E-state index in [1.807, 2.05) is 13.8 Å². The molecule has 18 heavy (non-hydrogen) atoms. The second-order valence-corrected chi connectivity index (χ2v) is 4.13. The molecule has 1 rings (SSSR count). The summed E-state index contributed by atoms with van der Waals surface area (Å²) in [6, 6.07) is 3.71. The molecule has 2 nitrogen and oxygen atoms in total. The fourth-order valence-corrected chi connectivity index (χ4v) is 1.55. The van der Waals surface area contributed by atoms with Crippen LogP contribution in [0.1, 0.15) is 35.3 Å². The Balaban J connectivity index is 0.00000137. The van der Waals surface area contributed by atoms with Crippen LogP contribution in [-0.2, 0) is 12.6 Å². The molecule has 1 aromatic carbocycles. The maximum absolute atomic E-state index is 12.7. The molecule has 0 fully saturated rings. The fourth-order valence-electron chi connectivity index (χ4n) is 1.55. The Kier molecular flexibility index (Phi) is 6.62. The average molecular weight is 262 g/mol. The van der Waals surface area contributed by atoms with Gasteiger partial charge in [0.05, 0.1) is 5.56 Å². The highest BCUT2D eigenvalue weighted by molar-refractivity contribution is 5.75. The van der Waals surface area contributed by atoms with Gasteiger partial charge in [-0.2, -0.15) is 13.2 Å². The summed E-state index contributed by atoms with van der Waals surface area (Å²) in [5.74, 6) is 0.142. The molecule has 0 saturated carbocycles. The van der Waals surface area contributed by atoms with Crippen LogP contribution in [0, 0.1) is 5.92 Å². The van der Waals surface area contributed by atoms with E-state index in [1.54, 1.807) is 0 Å². The highest BCUT2D eigenvalue weighted by Crippen LogP contribution is 2.33. The van der Waals surface area contributed by atoms with Crippen molar-refractivity contribution in [3.63, 3.8) is 0 Å². The molecule has 0 spiro atoms. The van der Waals surface area contributed by atoms with Crippen molar-refractivity contribution in [3.05, 3.63) is 34.9 Å². The lowest BCUT2D eigenvalue weighted by Gasteiger charge is -2.14. The lowest BCUT2D eigenvalue weighted by Crippen LogP contribution is -2.11. The van der Waals surface area contributed by atoms with Crippen molar-refractivity contribution in [2.75, 3.05) is 7.11 Å². The zero-order chi connectivity index (χ0) is 14.3. The lowest BCUT2D eigenvalue weighted by molar-refractivity contribution is -0.138. The topological polar surface area (TPSA) is 37.3 Å². The highest BCUT2D eigenvalue weighted by Gasteiger charge is 2.33. The first-order valence-corrected chi connectivity index (χ1v) is 5.44. The van der Waals surface area contributed by atoms with Gasteiger partial charge in [-0.3, -0.25) is 4.79 Å². The van der Waals surface area contributed by atoms with E-state index < -0.39 is 11.7 Å². The number of aldehydes is 1. The molecule has 0 aliphatic heterocycles. The van der Waals surface area contributed by atoms with Crippen LogP contribution in [0.2, 0.25) is 0 Å². The van der Waals surface area contributed by atoms with Crippen molar-refractivity contribution in [2.24, 2.45) is 5.92 Å². The van der Waals surface area contributed by atoms with Gasteiger partial charge in [0.2, 0.25) is 0 Å².